The summed E-state index contributed by atoms with van der Waals surface area (Å²) in [6.07, 6.45) is 7.04. The summed E-state index contributed by atoms with van der Waals surface area (Å²) in [6.45, 7) is 0.703. The summed E-state index contributed by atoms with van der Waals surface area (Å²) < 4.78 is 0. The molecular weight excluding hydrogens is 290 g/mol. The fraction of sp³-hybridized carbons (Fsp3) is 0.625. The van der Waals surface area contributed by atoms with Gasteiger partial charge >= 0.3 is 5.97 Å². The Morgan fingerprint density at radius 3 is 2.13 bits per heavy atom. The van der Waals surface area contributed by atoms with E-state index >= 15 is 0 Å². The number of rotatable bonds is 12. The van der Waals surface area contributed by atoms with Gasteiger partial charge in [-0.2, -0.15) is 0 Å². The van der Waals surface area contributed by atoms with Gasteiger partial charge in [-0.05, 0) is 18.6 Å². The summed E-state index contributed by atoms with van der Waals surface area (Å²) in [4.78, 5) is 12.1. The van der Waals surface area contributed by atoms with Crippen molar-refractivity contribution in [3.63, 3.8) is 0 Å². The molecule has 1 aliphatic rings. The van der Waals surface area contributed by atoms with Crippen LogP contribution in [0.5, 0.6) is 0 Å². The first-order chi connectivity index (χ1) is 10.8. The maximum Gasteiger partial charge on any atom is 0.303 e. The van der Waals surface area contributed by atoms with E-state index < -0.39 is 5.97 Å². The molecule has 1 N–H and O–H groups in total. The highest BCUT2D eigenvalue weighted by Gasteiger charge is 2.47. The van der Waals surface area contributed by atoms with Crippen LogP contribution in [0.3, 0.4) is 0 Å². The normalized spacial score (nSPS) is 12.3. The number of hydrogen-bond acceptors (Lipinski definition) is 2. The van der Waals surface area contributed by atoms with Crippen LogP contribution in [-0.2, 0) is 4.79 Å². The summed E-state index contributed by atoms with van der Waals surface area (Å²) in [5, 5.41) is 8.64. The Labute approximate surface area is 154 Å². The Morgan fingerprint density at radius 1 is 1.04 bits per heavy atom. The second-order valence-corrected chi connectivity index (χ2v) is 9.20. The third-order valence-corrected chi connectivity index (χ3v) is 6.27. The van der Waals surface area contributed by atoms with Gasteiger partial charge in [0.2, 0.25) is 0 Å². The van der Waals surface area contributed by atoms with E-state index in [4.69, 9.17) is 5.11 Å². The van der Waals surface area contributed by atoms with Crippen molar-refractivity contribution in [1.82, 2.24) is 0 Å². The molecule has 110 valence electrons. The molecule has 1 aliphatic heterocycles. The zero-order chi connectivity index (χ0) is 17.6. The zero-order valence-electron chi connectivity index (χ0n) is 15.8. The quantitative estimate of drug-likeness (QED) is 0.288. The fourth-order valence-corrected chi connectivity index (χ4v) is 5.25. The second kappa shape index (κ2) is 10.4. The van der Waals surface area contributed by atoms with Gasteiger partial charge < -0.3 is 5.11 Å². The summed E-state index contributed by atoms with van der Waals surface area (Å²) >= 11 is 2.01. The Balaban J connectivity index is 2.37. The maximum absolute atomic E-state index is 10.5. The van der Waals surface area contributed by atoms with Gasteiger partial charge in [0, 0.05) is 38.3 Å². The topological polar surface area (TPSA) is 37.3 Å². The van der Waals surface area contributed by atoms with Crippen LogP contribution in [0.1, 0.15) is 25.7 Å². The van der Waals surface area contributed by atoms with Crippen molar-refractivity contribution in [3.05, 3.63) is 10.8 Å². The van der Waals surface area contributed by atoms with Crippen molar-refractivity contribution in [2.24, 2.45) is 0 Å². The van der Waals surface area contributed by atoms with Gasteiger partial charge in [0.1, 0.15) is 0 Å². The molecule has 0 aromatic carbocycles. The van der Waals surface area contributed by atoms with Gasteiger partial charge in [0.05, 0.1) is 46.4 Å². The monoisotopic (exact) mass is 316 g/mol. The molecule has 15 heteroatoms. The number of carboxylic acid groups (broad SMARTS) is 1. The van der Waals surface area contributed by atoms with Crippen LogP contribution in [0.25, 0.3) is 0 Å². The average molecular weight is 314 g/mol. The van der Waals surface area contributed by atoms with E-state index in [1.807, 2.05) is 11.8 Å². The number of thioether (sulfide) groups is 1. The number of hydrogen-bond donors (Lipinski definition) is 1. The van der Waals surface area contributed by atoms with E-state index in [9.17, 15) is 4.79 Å². The van der Waals surface area contributed by atoms with Crippen molar-refractivity contribution in [2.75, 3.05) is 5.75 Å². The number of aliphatic carboxylic acids is 1. The Morgan fingerprint density at radius 2 is 1.65 bits per heavy atom. The van der Waals surface area contributed by atoms with Crippen LogP contribution in [0, 0.1) is 0 Å². The zero-order valence-corrected chi connectivity index (χ0v) is 16.7. The standard InChI is InChI=1S/C8H24B12O2S/c9-16(10)19(20(17(11)12)18(13)14)15-6-7(15)23-5-3-1-2-4-8(21)22/h6H,1-5,9-14H2,(H,21,22). The Kier molecular flexibility index (Phi) is 9.63. The Bertz CT molecular complexity index is 410. The van der Waals surface area contributed by atoms with Gasteiger partial charge in [-0.25, -0.2) is 0 Å². The van der Waals surface area contributed by atoms with E-state index in [1.165, 1.54) is 0 Å². The molecule has 0 aliphatic carbocycles. The van der Waals surface area contributed by atoms with Crippen LogP contribution in [0.2, 0.25) is 0 Å². The largest absolute Gasteiger partial charge is 0.481 e. The second-order valence-electron chi connectivity index (χ2n) is 8.03. The van der Waals surface area contributed by atoms with Crippen LogP contribution in [0.15, 0.2) is 10.8 Å². The lowest BCUT2D eigenvalue weighted by Gasteiger charge is -2.30. The third kappa shape index (κ3) is 7.40. The minimum Gasteiger partial charge on any atom is -0.481 e. The molecule has 0 amide bonds. The van der Waals surface area contributed by atoms with Gasteiger partial charge in [0.25, 0.3) is 0 Å². The van der Waals surface area contributed by atoms with Gasteiger partial charge in [-0.1, -0.05) is 11.2 Å². The minimum absolute atomic E-state index is 0.315. The number of carboxylic acids is 1. The molecule has 0 fully saturated rings. The summed E-state index contributed by atoms with van der Waals surface area (Å²) in [7, 11) is 14.2. The maximum atomic E-state index is 10.5. The van der Waals surface area contributed by atoms with Crippen molar-refractivity contribution in [3.8, 4) is 0 Å². The highest BCUT2D eigenvalue weighted by Crippen LogP contribution is 2.34. The molecule has 0 bridgehead atoms. The van der Waals surface area contributed by atoms with Crippen LogP contribution >= 0.6 is 11.8 Å². The van der Waals surface area contributed by atoms with E-state index in [0.29, 0.717) is 13.0 Å². The molecule has 23 heavy (non-hydrogen) atoms. The highest BCUT2D eigenvalue weighted by molar-refractivity contribution is 8.13. The SMILES string of the molecule is BB(B)B(B(B)B)B(B(B)B)B1C=C1SCCCCCC(=O)O. The third-order valence-electron chi connectivity index (χ3n) is 5.04. The molecule has 2 nitrogen and oxygen atoms in total. The van der Waals surface area contributed by atoms with Crippen molar-refractivity contribution in [2.45, 2.75) is 25.7 Å². The molecule has 0 atom stereocenters. The molecule has 0 unspecified atom stereocenters. The predicted octanol–water partition coefficient (Wildman–Crippen LogP) is -5.52. The van der Waals surface area contributed by atoms with Crippen molar-refractivity contribution >= 4 is 103 Å². The van der Waals surface area contributed by atoms with E-state index in [1.54, 1.807) is 4.80 Å². The molecule has 1 rings (SSSR count). The molecule has 0 radical (unpaired) electrons. The minimum atomic E-state index is -0.671. The highest BCUT2D eigenvalue weighted by atomic mass is 32.2. The van der Waals surface area contributed by atoms with Gasteiger partial charge in [0.15, 0.2) is 6.60 Å². The summed E-state index contributed by atoms with van der Waals surface area (Å²) in [5.74, 6) is 2.95. The average Bonchev–Trinajstić information content (AvgIpc) is 3.17. The molecule has 1 heterocycles. The predicted molar refractivity (Wildman–Crippen MR) is 132 cm³/mol. The lowest BCUT2D eigenvalue weighted by molar-refractivity contribution is -0.137. The van der Waals surface area contributed by atoms with E-state index in [0.717, 1.165) is 56.9 Å². The first-order valence-electron chi connectivity index (χ1n) is 9.32. The molecule has 0 spiro atoms. The first-order valence-corrected chi connectivity index (χ1v) is 10.3. The van der Waals surface area contributed by atoms with E-state index in [-0.39, 0.29) is 0 Å². The lowest BCUT2D eigenvalue weighted by Crippen LogP contribution is -2.70. The summed E-state index contributed by atoms with van der Waals surface area (Å²) in [6, 6.07) is 0. The van der Waals surface area contributed by atoms with E-state index in [2.05, 4.69) is 52.4 Å². The summed E-state index contributed by atoms with van der Waals surface area (Å²) in [5.41, 5.74) is 0. The number of carbonyl (C=O) groups is 1. The van der Waals surface area contributed by atoms with Crippen LogP contribution < -0.4 is 0 Å². The Hall–Kier alpha value is 0.339. The number of unbranched alkanes of at least 4 members (excludes halogenated alkanes) is 2. The van der Waals surface area contributed by atoms with Crippen molar-refractivity contribution in [1.29, 1.82) is 0 Å². The molecule has 0 aromatic heterocycles. The van der Waals surface area contributed by atoms with Crippen LogP contribution in [-0.4, -0.2) is 102 Å². The smallest absolute Gasteiger partial charge is 0.303 e. The molecule has 0 saturated heterocycles. The molecular formula is C8H24B12O2S. The molecule has 0 aromatic rings. The van der Waals surface area contributed by atoms with Gasteiger partial charge in [-0.3, -0.25) is 4.79 Å². The van der Waals surface area contributed by atoms with Crippen molar-refractivity contribution < 1.29 is 9.90 Å². The lowest BCUT2D eigenvalue weighted by atomic mass is 8.50. The van der Waals surface area contributed by atoms with Crippen LogP contribution in [0.4, 0.5) is 0 Å². The van der Waals surface area contributed by atoms with Gasteiger partial charge in [-0.15, -0.1) is 17.7 Å². The fourth-order valence-electron chi connectivity index (χ4n) is 4.08. The first kappa shape index (κ1) is 21.4. The molecule has 0 saturated carbocycles.